The first kappa shape index (κ1) is 11.6. The lowest BCUT2D eigenvalue weighted by Gasteiger charge is -2.39. The zero-order chi connectivity index (χ0) is 11.8. The Hall–Kier alpha value is -0.830. The quantitative estimate of drug-likeness (QED) is 0.832. The molecule has 2 unspecified atom stereocenters. The second-order valence-corrected chi connectivity index (χ2v) is 5.92. The zero-order valence-corrected chi connectivity index (χ0v) is 10.6. The molecule has 3 heteroatoms. The number of nitrogens with zero attached hydrogens (tertiary/aromatic N) is 2. The van der Waals surface area contributed by atoms with Crippen molar-refractivity contribution in [3.63, 3.8) is 0 Å². The second-order valence-electron chi connectivity index (χ2n) is 5.92. The highest BCUT2D eigenvalue weighted by Crippen LogP contribution is 2.45. The summed E-state index contributed by atoms with van der Waals surface area (Å²) in [5, 5.41) is 4.56. The van der Waals surface area contributed by atoms with E-state index in [-0.39, 0.29) is 0 Å². The van der Waals surface area contributed by atoms with E-state index in [9.17, 15) is 0 Å². The number of rotatable bonds is 2. The van der Waals surface area contributed by atoms with Crippen LogP contribution in [-0.4, -0.2) is 16.3 Å². The van der Waals surface area contributed by atoms with E-state index in [0.717, 1.165) is 6.54 Å². The fourth-order valence-corrected chi connectivity index (χ4v) is 2.90. The van der Waals surface area contributed by atoms with Crippen molar-refractivity contribution >= 4 is 0 Å². The van der Waals surface area contributed by atoms with Crippen LogP contribution in [0.4, 0.5) is 0 Å². The molecular formula is C13H23N3. The molecule has 1 fully saturated rings. The fourth-order valence-electron chi connectivity index (χ4n) is 2.90. The first-order valence-electron chi connectivity index (χ1n) is 6.21. The molecule has 1 aliphatic carbocycles. The van der Waals surface area contributed by atoms with Crippen LogP contribution in [-0.2, 0) is 7.05 Å². The summed E-state index contributed by atoms with van der Waals surface area (Å²) in [6.07, 6.45) is 5.78. The van der Waals surface area contributed by atoms with Gasteiger partial charge in [-0.05, 0) is 43.2 Å². The third-order valence-corrected chi connectivity index (χ3v) is 3.95. The Bertz CT molecular complexity index is 354. The molecule has 1 aromatic heterocycles. The van der Waals surface area contributed by atoms with Gasteiger partial charge in [0.25, 0.3) is 0 Å². The van der Waals surface area contributed by atoms with Crippen LogP contribution in [0.15, 0.2) is 12.3 Å². The fraction of sp³-hybridized carbons (Fsp3) is 0.769. The van der Waals surface area contributed by atoms with Crippen molar-refractivity contribution in [3.05, 3.63) is 18.0 Å². The molecule has 0 aromatic carbocycles. The van der Waals surface area contributed by atoms with Gasteiger partial charge in [0.2, 0.25) is 0 Å². The predicted octanol–water partition coefficient (Wildman–Crippen LogP) is 2.29. The lowest BCUT2D eigenvalue weighted by Crippen LogP contribution is -2.32. The summed E-state index contributed by atoms with van der Waals surface area (Å²) < 4.78 is 1.89. The van der Waals surface area contributed by atoms with Gasteiger partial charge in [0.1, 0.15) is 0 Å². The molecule has 2 N–H and O–H groups in total. The van der Waals surface area contributed by atoms with Crippen molar-refractivity contribution < 1.29 is 0 Å². The molecule has 0 saturated heterocycles. The van der Waals surface area contributed by atoms with Gasteiger partial charge in [0, 0.05) is 19.2 Å². The maximum Gasteiger partial charge on any atom is 0.0658 e. The molecule has 90 valence electrons. The predicted molar refractivity (Wildman–Crippen MR) is 66.1 cm³/mol. The third-order valence-electron chi connectivity index (χ3n) is 3.95. The highest BCUT2D eigenvalue weighted by atomic mass is 15.2. The van der Waals surface area contributed by atoms with Gasteiger partial charge >= 0.3 is 0 Å². The molecule has 3 nitrogen and oxygen atoms in total. The Morgan fingerprint density at radius 1 is 1.56 bits per heavy atom. The van der Waals surface area contributed by atoms with E-state index in [4.69, 9.17) is 5.73 Å². The average molecular weight is 221 g/mol. The smallest absolute Gasteiger partial charge is 0.0658 e. The number of aryl methyl sites for hydroxylation is 1. The molecule has 1 aromatic rings. The number of hydrogen-bond donors (Lipinski definition) is 1. The molecule has 0 bridgehead atoms. The Morgan fingerprint density at radius 3 is 2.88 bits per heavy atom. The summed E-state index contributed by atoms with van der Waals surface area (Å²) in [6, 6.07) is 2.15. The minimum atomic E-state index is 0.438. The van der Waals surface area contributed by atoms with Crippen LogP contribution < -0.4 is 5.73 Å². The molecule has 0 radical (unpaired) electrons. The van der Waals surface area contributed by atoms with Crippen molar-refractivity contribution in [2.75, 3.05) is 6.54 Å². The molecule has 0 spiro atoms. The molecule has 0 amide bonds. The summed E-state index contributed by atoms with van der Waals surface area (Å²) >= 11 is 0. The lowest BCUT2D eigenvalue weighted by atomic mass is 9.66. The summed E-state index contributed by atoms with van der Waals surface area (Å²) in [5.74, 6) is 1.16. The van der Waals surface area contributed by atoms with Gasteiger partial charge in [0.15, 0.2) is 0 Å². The summed E-state index contributed by atoms with van der Waals surface area (Å²) in [4.78, 5) is 0. The monoisotopic (exact) mass is 221 g/mol. The normalized spacial score (nSPS) is 29.2. The minimum absolute atomic E-state index is 0.438. The minimum Gasteiger partial charge on any atom is -0.330 e. The lowest BCUT2D eigenvalue weighted by molar-refractivity contribution is 0.163. The molecule has 0 aliphatic heterocycles. The van der Waals surface area contributed by atoms with Crippen LogP contribution in [0.2, 0.25) is 0 Å². The Morgan fingerprint density at radius 2 is 2.31 bits per heavy atom. The van der Waals surface area contributed by atoms with Gasteiger partial charge < -0.3 is 5.73 Å². The van der Waals surface area contributed by atoms with Gasteiger partial charge in [-0.1, -0.05) is 13.8 Å². The molecule has 1 saturated carbocycles. The largest absolute Gasteiger partial charge is 0.330 e. The summed E-state index contributed by atoms with van der Waals surface area (Å²) in [5.41, 5.74) is 7.56. The van der Waals surface area contributed by atoms with Crippen molar-refractivity contribution in [1.82, 2.24) is 9.78 Å². The average Bonchev–Trinajstić information content (AvgIpc) is 2.64. The van der Waals surface area contributed by atoms with Crippen molar-refractivity contribution in [2.45, 2.75) is 39.0 Å². The van der Waals surface area contributed by atoms with E-state index >= 15 is 0 Å². The van der Waals surface area contributed by atoms with E-state index < -0.39 is 0 Å². The van der Waals surface area contributed by atoms with Gasteiger partial charge in [0.05, 0.1) is 5.69 Å². The highest BCUT2D eigenvalue weighted by molar-refractivity contribution is 5.11. The van der Waals surface area contributed by atoms with Crippen LogP contribution in [0.5, 0.6) is 0 Å². The van der Waals surface area contributed by atoms with Crippen LogP contribution in [0.25, 0.3) is 0 Å². The second kappa shape index (κ2) is 4.21. The Kier molecular flexibility index (Phi) is 3.06. The third kappa shape index (κ3) is 2.29. The maximum absolute atomic E-state index is 5.89. The Labute approximate surface area is 98.0 Å². The molecule has 2 atom stereocenters. The SMILES string of the molecule is Cn1ccc(C2CC(C)(C)CCC2CN)n1. The van der Waals surface area contributed by atoms with Gasteiger partial charge in [-0.2, -0.15) is 5.10 Å². The van der Waals surface area contributed by atoms with Crippen LogP contribution >= 0.6 is 0 Å². The number of aromatic nitrogens is 2. The van der Waals surface area contributed by atoms with E-state index in [1.807, 2.05) is 17.9 Å². The van der Waals surface area contributed by atoms with Crippen LogP contribution in [0, 0.1) is 11.3 Å². The molecular weight excluding hydrogens is 198 g/mol. The number of nitrogens with two attached hydrogens (primary N) is 1. The first-order chi connectivity index (χ1) is 7.52. The summed E-state index contributed by atoms with van der Waals surface area (Å²) in [7, 11) is 1.98. The molecule has 1 aliphatic rings. The van der Waals surface area contributed by atoms with Gasteiger partial charge in [-0.25, -0.2) is 0 Å². The molecule has 1 heterocycles. The molecule has 2 rings (SSSR count). The van der Waals surface area contributed by atoms with Gasteiger partial charge in [-0.15, -0.1) is 0 Å². The molecule has 16 heavy (non-hydrogen) atoms. The van der Waals surface area contributed by atoms with Gasteiger partial charge in [-0.3, -0.25) is 4.68 Å². The highest BCUT2D eigenvalue weighted by Gasteiger charge is 2.35. The Balaban J connectivity index is 2.21. The van der Waals surface area contributed by atoms with E-state index in [0.29, 0.717) is 17.3 Å². The topological polar surface area (TPSA) is 43.8 Å². The van der Waals surface area contributed by atoms with E-state index in [1.54, 1.807) is 0 Å². The van der Waals surface area contributed by atoms with Crippen molar-refractivity contribution in [1.29, 1.82) is 0 Å². The van der Waals surface area contributed by atoms with Crippen molar-refractivity contribution in [3.8, 4) is 0 Å². The first-order valence-corrected chi connectivity index (χ1v) is 6.21. The van der Waals surface area contributed by atoms with E-state index in [1.165, 1.54) is 25.0 Å². The maximum atomic E-state index is 5.89. The number of hydrogen-bond acceptors (Lipinski definition) is 2. The van der Waals surface area contributed by atoms with E-state index in [2.05, 4.69) is 25.0 Å². The standard InChI is InChI=1S/C13H23N3/c1-13(2)6-4-10(9-14)11(8-13)12-5-7-16(3)15-12/h5,7,10-11H,4,6,8-9,14H2,1-3H3. The zero-order valence-electron chi connectivity index (χ0n) is 10.6. The van der Waals surface area contributed by atoms with Crippen molar-refractivity contribution in [2.24, 2.45) is 24.1 Å². The van der Waals surface area contributed by atoms with Crippen LogP contribution in [0.1, 0.15) is 44.7 Å². The summed E-state index contributed by atoms with van der Waals surface area (Å²) in [6.45, 7) is 5.50. The van der Waals surface area contributed by atoms with Crippen LogP contribution in [0.3, 0.4) is 0 Å².